The van der Waals surface area contributed by atoms with Gasteiger partial charge in [0.05, 0.1) is 11.4 Å². The van der Waals surface area contributed by atoms with Gasteiger partial charge in [0.2, 0.25) is 21.8 Å². The second-order valence-electron chi connectivity index (χ2n) is 8.05. The number of carbonyl (C=O) groups excluding carboxylic acids is 2. The molecule has 3 rings (SSSR count). The van der Waals surface area contributed by atoms with Crippen molar-refractivity contribution in [1.29, 1.82) is 0 Å². The fourth-order valence-corrected chi connectivity index (χ4v) is 4.92. The quantitative estimate of drug-likeness (QED) is 0.737. The van der Waals surface area contributed by atoms with Crippen molar-refractivity contribution in [1.82, 2.24) is 4.90 Å². The molecule has 0 spiro atoms. The average molecular weight is 422 g/mol. The minimum absolute atomic E-state index is 0.00252. The van der Waals surface area contributed by atoms with Gasteiger partial charge in [0.15, 0.2) is 0 Å². The number of aryl methyl sites for hydroxylation is 1. The van der Waals surface area contributed by atoms with Gasteiger partial charge in [-0.25, -0.2) is 8.42 Å². The summed E-state index contributed by atoms with van der Waals surface area (Å²) in [5, 5.41) is 2.91. The lowest BCUT2D eigenvalue weighted by atomic mass is 9.88. The Labute approximate surface area is 173 Å². The molecule has 1 saturated heterocycles. The van der Waals surface area contributed by atoms with E-state index in [1.54, 1.807) is 36.9 Å². The summed E-state index contributed by atoms with van der Waals surface area (Å²) < 4.78 is 26.1. The van der Waals surface area contributed by atoms with Crippen molar-refractivity contribution in [3.05, 3.63) is 23.8 Å². The van der Waals surface area contributed by atoms with Gasteiger partial charge in [-0.05, 0) is 63.3 Å². The fourth-order valence-electron chi connectivity index (χ4n) is 4.21. The van der Waals surface area contributed by atoms with E-state index in [2.05, 4.69) is 10.0 Å². The highest BCUT2D eigenvalue weighted by molar-refractivity contribution is 7.92. The first-order valence-electron chi connectivity index (χ1n) is 10.5. The molecule has 0 bridgehead atoms. The molecule has 2 fully saturated rings. The Morgan fingerprint density at radius 2 is 1.83 bits per heavy atom. The molecule has 0 radical (unpaired) electrons. The number of nitrogens with zero attached hydrogens (tertiary/aromatic N) is 1. The molecule has 1 aliphatic heterocycles. The molecule has 7 nitrogen and oxygen atoms in total. The van der Waals surface area contributed by atoms with Crippen LogP contribution in [0.25, 0.3) is 0 Å². The van der Waals surface area contributed by atoms with Gasteiger partial charge in [-0.1, -0.05) is 19.3 Å². The number of hydrogen-bond donors (Lipinski definition) is 2. The summed E-state index contributed by atoms with van der Waals surface area (Å²) in [6.07, 6.45) is 6.75. The van der Waals surface area contributed by atoms with Gasteiger partial charge >= 0.3 is 0 Å². The molecule has 2 aliphatic rings. The minimum atomic E-state index is -3.35. The molecule has 1 atom stereocenters. The van der Waals surface area contributed by atoms with Crippen LogP contribution in [0.3, 0.4) is 0 Å². The fraction of sp³-hybridized carbons (Fsp3) is 0.619. The van der Waals surface area contributed by atoms with Gasteiger partial charge in [-0.3, -0.25) is 14.3 Å². The van der Waals surface area contributed by atoms with E-state index < -0.39 is 16.1 Å². The molecule has 2 amide bonds. The largest absolute Gasteiger partial charge is 0.330 e. The molecule has 160 valence electrons. The van der Waals surface area contributed by atoms with Crippen molar-refractivity contribution < 1.29 is 18.0 Å². The number of carbonyl (C=O) groups is 2. The maximum atomic E-state index is 12.9. The van der Waals surface area contributed by atoms with Crippen LogP contribution in [0.5, 0.6) is 0 Å². The van der Waals surface area contributed by atoms with Crippen LogP contribution in [0.15, 0.2) is 18.2 Å². The number of rotatable bonds is 6. The summed E-state index contributed by atoms with van der Waals surface area (Å²) in [6.45, 7) is 4.01. The van der Waals surface area contributed by atoms with Crippen LogP contribution in [0, 0.1) is 12.8 Å². The van der Waals surface area contributed by atoms with E-state index in [1.807, 2.05) is 0 Å². The van der Waals surface area contributed by atoms with Gasteiger partial charge in [0.25, 0.3) is 0 Å². The van der Waals surface area contributed by atoms with E-state index in [9.17, 15) is 18.0 Å². The van der Waals surface area contributed by atoms with Crippen LogP contribution < -0.4 is 10.0 Å². The van der Waals surface area contributed by atoms with Crippen molar-refractivity contribution in [2.45, 2.75) is 64.8 Å². The van der Waals surface area contributed by atoms with E-state index in [0.717, 1.165) is 37.7 Å². The van der Waals surface area contributed by atoms with Crippen LogP contribution in [0.4, 0.5) is 11.4 Å². The number of anilines is 2. The summed E-state index contributed by atoms with van der Waals surface area (Å²) in [5.74, 6) is 0.0124. The number of amides is 2. The van der Waals surface area contributed by atoms with Crippen molar-refractivity contribution in [3.63, 3.8) is 0 Å². The third-order valence-corrected chi connectivity index (χ3v) is 7.22. The summed E-state index contributed by atoms with van der Waals surface area (Å²) in [5.41, 5.74) is 1.82. The van der Waals surface area contributed by atoms with Crippen LogP contribution in [0.2, 0.25) is 0 Å². The number of sulfonamides is 1. The van der Waals surface area contributed by atoms with Crippen LogP contribution in [-0.4, -0.2) is 43.5 Å². The maximum absolute atomic E-state index is 12.9. The Bertz CT molecular complexity index is 863. The lowest BCUT2D eigenvalue weighted by Crippen LogP contribution is -2.46. The average Bonchev–Trinajstić information content (AvgIpc) is 3.20. The number of hydrogen-bond acceptors (Lipinski definition) is 4. The first-order valence-corrected chi connectivity index (χ1v) is 12.2. The standard InChI is InChI=1S/C21H31N3O4S/c1-3-29(27,28)23-18-12-11-17(14-15(18)2)22-20(25)19-10-7-13-24(19)21(26)16-8-5-4-6-9-16/h11-12,14,16,19,23H,3-10,13H2,1-2H3,(H,22,25). The lowest BCUT2D eigenvalue weighted by Gasteiger charge is -2.30. The van der Waals surface area contributed by atoms with E-state index in [0.29, 0.717) is 24.3 Å². The van der Waals surface area contributed by atoms with Crippen molar-refractivity contribution in [2.24, 2.45) is 5.92 Å². The molecule has 8 heteroatoms. The maximum Gasteiger partial charge on any atom is 0.247 e. The molecule has 2 N–H and O–H groups in total. The zero-order valence-electron chi connectivity index (χ0n) is 17.2. The van der Waals surface area contributed by atoms with E-state index in [1.165, 1.54) is 6.42 Å². The molecule has 1 saturated carbocycles. The monoisotopic (exact) mass is 421 g/mol. The summed E-state index contributed by atoms with van der Waals surface area (Å²) in [6, 6.07) is 4.65. The van der Waals surface area contributed by atoms with E-state index in [-0.39, 0.29) is 23.5 Å². The second kappa shape index (κ2) is 9.15. The molecule has 29 heavy (non-hydrogen) atoms. The molecule has 0 aromatic heterocycles. The minimum Gasteiger partial charge on any atom is -0.330 e. The van der Waals surface area contributed by atoms with E-state index in [4.69, 9.17) is 0 Å². The molecule has 1 aliphatic carbocycles. The summed E-state index contributed by atoms with van der Waals surface area (Å²) in [4.78, 5) is 27.5. The Morgan fingerprint density at radius 1 is 1.10 bits per heavy atom. The summed E-state index contributed by atoms with van der Waals surface area (Å²) >= 11 is 0. The predicted octanol–water partition coefficient (Wildman–Crippen LogP) is 3.27. The van der Waals surface area contributed by atoms with Crippen LogP contribution in [0.1, 0.15) is 57.4 Å². The first-order chi connectivity index (χ1) is 13.8. The molecule has 1 heterocycles. The van der Waals surface area contributed by atoms with Crippen molar-refractivity contribution in [2.75, 3.05) is 22.3 Å². The molecule has 1 unspecified atom stereocenters. The Balaban J connectivity index is 1.66. The first kappa shape index (κ1) is 21.6. The normalized spacial score (nSPS) is 20.5. The van der Waals surface area contributed by atoms with Gasteiger partial charge in [-0.15, -0.1) is 0 Å². The van der Waals surface area contributed by atoms with Crippen LogP contribution in [-0.2, 0) is 19.6 Å². The third kappa shape index (κ3) is 5.29. The Hall–Kier alpha value is -2.09. The number of nitrogens with one attached hydrogen (secondary N) is 2. The van der Waals surface area contributed by atoms with Crippen LogP contribution >= 0.6 is 0 Å². The zero-order chi connectivity index (χ0) is 21.0. The highest BCUT2D eigenvalue weighted by Gasteiger charge is 2.37. The van der Waals surface area contributed by atoms with Crippen molar-refractivity contribution in [3.8, 4) is 0 Å². The topological polar surface area (TPSA) is 95.6 Å². The van der Waals surface area contributed by atoms with Gasteiger partial charge < -0.3 is 10.2 Å². The highest BCUT2D eigenvalue weighted by atomic mass is 32.2. The predicted molar refractivity (Wildman–Crippen MR) is 114 cm³/mol. The number of likely N-dealkylation sites (tertiary alicyclic amines) is 1. The highest BCUT2D eigenvalue weighted by Crippen LogP contribution is 2.29. The van der Waals surface area contributed by atoms with E-state index >= 15 is 0 Å². The lowest BCUT2D eigenvalue weighted by molar-refractivity contribution is -0.141. The Morgan fingerprint density at radius 3 is 2.48 bits per heavy atom. The molecule has 1 aromatic rings. The zero-order valence-corrected chi connectivity index (χ0v) is 18.1. The third-order valence-electron chi connectivity index (χ3n) is 5.93. The molecule has 1 aromatic carbocycles. The van der Waals surface area contributed by atoms with Crippen molar-refractivity contribution >= 4 is 33.2 Å². The van der Waals surface area contributed by atoms with Gasteiger partial charge in [0, 0.05) is 18.2 Å². The number of benzene rings is 1. The molecular weight excluding hydrogens is 390 g/mol. The summed E-state index contributed by atoms with van der Waals surface area (Å²) in [7, 11) is -3.35. The Kier molecular flexibility index (Phi) is 6.82. The second-order valence-corrected chi connectivity index (χ2v) is 10.1. The van der Waals surface area contributed by atoms with Gasteiger partial charge in [0.1, 0.15) is 6.04 Å². The molecular formula is C21H31N3O4S. The van der Waals surface area contributed by atoms with Gasteiger partial charge in [-0.2, -0.15) is 0 Å². The SMILES string of the molecule is CCS(=O)(=O)Nc1ccc(NC(=O)C2CCCN2C(=O)C2CCCCC2)cc1C. The smallest absolute Gasteiger partial charge is 0.247 e.